The molecule has 2 rings (SSSR count). The molecule has 2 N–H and O–H groups in total. The van der Waals surface area contributed by atoms with Crippen molar-refractivity contribution in [3.8, 4) is 0 Å². The van der Waals surface area contributed by atoms with Crippen molar-refractivity contribution in [2.24, 2.45) is 5.73 Å². The molecule has 1 aromatic rings. The zero-order valence-corrected chi connectivity index (χ0v) is 12.1. The Bertz CT molecular complexity index is 325. The predicted molar refractivity (Wildman–Crippen MR) is 76.9 cm³/mol. The second kappa shape index (κ2) is 7.16. The maximum atomic E-state index is 5.55. The number of nitrogens with zero attached hydrogens (tertiary/aromatic N) is 3. The van der Waals surface area contributed by atoms with Gasteiger partial charge >= 0.3 is 0 Å². The van der Waals surface area contributed by atoms with Gasteiger partial charge in [0.25, 0.3) is 0 Å². The van der Waals surface area contributed by atoms with E-state index in [1.54, 1.807) is 0 Å². The Kier molecular flexibility index (Phi) is 6.19. The number of hydrogen-bond acceptors (Lipinski definition) is 4. The van der Waals surface area contributed by atoms with E-state index < -0.39 is 0 Å². The number of anilines is 1. The Balaban J connectivity index is 0.00000144. The highest BCUT2D eigenvalue weighted by atomic mass is 79.9. The first-order valence-corrected chi connectivity index (χ1v) is 6.38. The van der Waals surface area contributed by atoms with Gasteiger partial charge in [0.05, 0.1) is 0 Å². The standard InChI is InChI=1S/C11H17BrN4.ClH/c12-10-1-2-11(14-9-10)16-7-5-15(4-3-13)6-8-16;/h1-2,9H,3-8,13H2;1H. The van der Waals surface area contributed by atoms with E-state index in [9.17, 15) is 0 Å². The van der Waals surface area contributed by atoms with Crippen molar-refractivity contribution in [1.82, 2.24) is 9.88 Å². The van der Waals surface area contributed by atoms with Crippen LogP contribution in [0.1, 0.15) is 0 Å². The molecule has 6 heteroatoms. The fourth-order valence-corrected chi connectivity index (χ4v) is 2.17. The minimum absolute atomic E-state index is 0. The average Bonchev–Trinajstić information content (AvgIpc) is 2.32. The van der Waals surface area contributed by atoms with E-state index in [4.69, 9.17) is 5.73 Å². The van der Waals surface area contributed by atoms with Gasteiger partial charge in [-0.05, 0) is 28.1 Å². The summed E-state index contributed by atoms with van der Waals surface area (Å²) in [5.74, 6) is 1.07. The lowest BCUT2D eigenvalue weighted by atomic mass is 10.3. The monoisotopic (exact) mass is 320 g/mol. The lowest BCUT2D eigenvalue weighted by molar-refractivity contribution is 0.264. The number of aromatic nitrogens is 1. The summed E-state index contributed by atoms with van der Waals surface area (Å²) in [7, 11) is 0. The van der Waals surface area contributed by atoms with Crippen LogP contribution in [-0.2, 0) is 0 Å². The molecule has 96 valence electrons. The average molecular weight is 322 g/mol. The van der Waals surface area contributed by atoms with Gasteiger partial charge in [0.15, 0.2) is 0 Å². The van der Waals surface area contributed by atoms with Crippen molar-refractivity contribution >= 4 is 34.2 Å². The predicted octanol–water partition coefficient (Wildman–Crippen LogP) is 1.35. The van der Waals surface area contributed by atoms with Crippen molar-refractivity contribution in [1.29, 1.82) is 0 Å². The first-order valence-electron chi connectivity index (χ1n) is 5.58. The molecule has 0 atom stereocenters. The van der Waals surface area contributed by atoms with Gasteiger partial charge in [-0.15, -0.1) is 12.4 Å². The van der Waals surface area contributed by atoms with Gasteiger partial charge in [0.2, 0.25) is 0 Å². The van der Waals surface area contributed by atoms with Crippen LogP contribution in [0.2, 0.25) is 0 Å². The van der Waals surface area contributed by atoms with Crippen molar-refractivity contribution in [3.63, 3.8) is 0 Å². The molecule has 1 aliphatic rings. The number of rotatable bonds is 3. The van der Waals surface area contributed by atoms with Crippen molar-refractivity contribution in [2.75, 3.05) is 44.2 Å². The molecule has 0 unspecified atom stereocenters. The second-order valence-corrected chi connectivity index (χ2v) is 4.87. The highest BCUT2D eigenvalue weighted by molar-refractivity contribution is 9.10. The van der Waals surface area contributed by atoms with Crippen LogP contribution < -0.4 is 10.6 Å². The Hall–Kier alpha value is -0.360. The maximum absolute atomic E-state index is 5.55. The third kappa shape index (κ3) is 4.10. The Morgan fingerprint density at radius 3 is 2.47 bits per heavy atom. The summed E-state index contributed by atoms with van der Waals surface area (Å²) < 4.78 is 1.03. The molecule has 4 nitrogen and oxygen atoms in total. The van der Waals surface area contributed by atoms with E-state index >= 15 is 0 Å². The molecule has 0 spiro atoms. The summed E-state index contributed by atoms with van der Waals surface area (Å²) in [6.45, 7) is 5.98. The molecule has 0 aromatic carbocycles. The molecular formula is C11H18BrClN4. The summed E-state index contributed by atoms with van der Waals surface area (Å²) in [5, 5.41) is 0. The van der Waals surface area contributed by atoms with Crippen LogP contribution in [0.4, 0.5) is 5.82 Å². The van der Waals surface area contributed by atoms with Crippen LogP contribution in [0.3, 0.4) is 0 Å². The molecule has 2 heterocycles. The van der Waals surface area contributed by atoms with E-state index in [1.165, 1.54) is 0 Å². The zero-order valence-electron chi connectivity index (χ0n) is 9.68. The molecule has 17 heavy (non-hydrogen) atoms. The van der Waals surface area contributed by atoms with Crippen molar-refractivity contribution in [2.45, 2.75) is 0 Å². The van der Waals surface area contributed by atoms with E-state index in [-0.39, 0.29) is 12.4 Å². The SMILES string of the molecule is Cl.NCCN1CCN(c2ccc(Br)cn2)CC1. The van der Waals surface area contributed by atoms with E-state index in [2.05, 4.69) is 36.8 Å². The molecule has 0 bridgehead atoms. The molecule has 0 saturated carbocycles. The smallest absolute Gasteiger partial charge is 0.128 e. The van der Waals surface area contributed by atoms with Gasteiger partial charge in [-0.3, -0.25) is 4.90 Å². The Morgan fingerprint density at radius 1 is 1.24 bits per heavy atom. The molecule has 1 fully saturated rings. The fourth-order valence-electron chi connectivity index (χ4n) is 1.94. The first kappa shape index (κ1) is 14.7. The van der Waals surface area contributed by atoms with Gasteiger partial charge in [-0.2, -0.15) is 0 Å². The molecule has 0 radical (unpaired) electrons. The summed E-state index contributed by atoms with van der Waals surface area (Å²) >= 11 is 3.40. The molecule has 1 aliphatic heterocycles. The number of nitrogens with two attached hydrogens (primary N) is 1. The normalized spacial score (nSPS) is 16.7. The quantitative estimate of drug-likeness (QED) is 0.913. The summed E-state index contributed by atoms with van der Waals surface area (Å²) in [6, 6.07) is 4.09. The topological polar surface area (TPSA) is 45.4 Å². The van der Waals surface area contributed by atoms with Gasteiger partial charge in [-0.1, -0.05) is 0 Å². The van der Waals surface area contributed by atoms with Gasteiger partial charge in [-0.25, -0.2) is 4.98 Å². The molecular weight excluding hydrogens is 304 g/mol. The molecule has 0 aliphatic carbocycles. The third-order valence-corrected chi connectivity index (χ3v) is 3.32. The number of pyridine rings is 1. The van der Waals surface area contributed by atoms with Crippen LogP contribution in [0.5, 0.6) is 0 Å². The third-order valence-electron chi connectivity index (χ3n) is 2.85. The summed E-state index contributed by atoms with van der Waals surface area (Å²) in [4.78, 5) is 9.13. The van der Waals surface area contributed by atoms with Crippen LogP contribution in [0.25, 0.3) is 0 Å². The van der Waals surface area contributed by atoms with Crippen molar-refractivity contribution < 1.29 is 0 Å². The fraction of sp³-hybridized carbons (Fsp3) is 0.545. The Morgan fingerprint density at radius 2 is 1.94 bits per heavy atom. The largest absolute Gasteiger partial charge is 0.354 e. The van der Waals surface area contributed by atoms with Crippen molar-refractivity contribution in [3.05, 3.63) is 22.8 Å². The zero-order chi connectivity index (χ0) is 11.4. The summed E-state index contributed by atoms with van der Waals surface area (Å²) in [5.41, 5.74) is 5.55. The first-order chi connectivity index (χ1) is 7.79. The van der Waals surface area contributed by atoms with Gasteiger partial charge in [0.1, 0.15) is 5.82 Å². The van der Waals surface area contributed by atoms with Gasteiger partial charge < -0.3 is 10.6 Å². The van der Waals surface area contributed by atoms with E-state index in [0.29, 0.717) is 0 Å². The molecule has 1 saturated heterocycles. The van der Waals surface area contributed by atoms with Gasteiger partial charge in [0, 0.05) is 49.9 Å². The highest BCUT2D eigenvalue weighted by Gasteiger charge is 2.16. The molecule has 0 amide bonds. The number of halogens is 2. The number of piperazine rings is 1. The number of hydrogen-bond donors (Lipinski definition) is 1. The van der Waals surface area contributed by atoms with Crippen LogP contribution in [0, 0.1) is 0 Å². The lowest BCUT2D eigenvalue weighted by Gasteiger charge is -2.35. The van der Waals surface area contributed by atoms with Crippen LogP contribution in [-0.4, -0.2) is 49.2 Å². The lowest BCUT2D eigenvalue weighted by Crippen LogP contribution is -2.48. The maximum Gasteiger partial charge on any atom is 0.128 e. The van der Waals surface area contributed by atoms with E-state index in [1.807, 2.05) is 12.3 Å². The highest BCUT2D eigenvalue weighted by Crippen LogP contribution is 2.16. The van der Waals surface area contributed by atoms with Crippen LogP contribution >= 0.6 is 28.3 Å². The molecule has 1 aromatic heterocycles. The minimum atomic E-state index is 0. The minimum Gasteiger partial charge on any atom is -0.354 e. The Labute approximate surface area is 117 Å². The van der Waals surface area contributed by atoms with E-state index in [0.717, 1.165) is 49.6 Å². The summed E-state index contributed by atoms with van der Waals surface area (Å²) in [6.07, 6.45) is 1.85. The van der Waals surface area contributed by atoms with Crippen LogP contribution in [0.15, 0.2) is 22.8 Å². The second-order valence-electron chi connectivity index (χ2n) is 3.95.